The Bertz CT molecular complexity index is 971. The number of carbonyl (C=O) groups is 1. The van der Waals surface area contributed by atoms with Gasteiger partial charge in [-0.05, 0) is 60.0 Å². The van der Waals surface area contributed by atoms with E-state index in [0.29, 0.717) is 23.7 Å². The molecule has 1 amide bonds. The van der Waals surface area contributed by atoms with Gasteiger partial charge in [-0.1, -0.05) is 41.9 Å². The summed E-state index contributed by atoms with van der Waals surface area (Å²) < 4.78 is 5.59. The van der Waals surface area contributed by atoms with Crippen LogP contribution in [0.5, 0.6) is 5.75 Å². The highest BCUT2D eigenvalue weighted by Gasteiger charge is 2.18. The Morgan fingerprint density at radius 1 is 1.00 bits per heavy atom. The fraction of sp³-hybridized carbons (Fsp3) is 0.208. The van der Waals surface area contributed by atoms with Crippen molar-refractivity contribution in [3.63, 3.8) is 0 Å². The number of fused-ring (bicyclic) bond motifs is 1. The summed E-state index contributed by atoms with van der Waals surface area (Å²) in [5.41, 5.74) is 4.57. The minimum Gasteiger partial charge on any atom is -0.492 e. The number of ether oxygens (including phenoxy) is 1. The largest absolute Gasteiger partial charge is 0.492 e. The van der Waals surface area contributed by atoms with Crippen molar-refractivity contribution in [2.45, 2.75) is 13.0 Å². The molecular formula is C24H23ClN2O2. The van der Waals surface area contributed by atoms with Crippen LogP contribution in [0.3, 0.4) is 0 Å². The number of hydrogen-bond acceptors (Lipinski definition) is 3. The Kier molecular flexibility index (Phi) is 6.01. The third-order valence-corrected chi connectivity index (χ3v) is 5.29. The van der Waals surface area contributed by atoms with Crippen LogP contribution in [0.25, 0.3) is 0 Å². The molecule has 0 saturated carbocycles. The molecule has 1 aliphatic rings. The third-order valence-electron chi connectivity index (χ3n) is 5.04. The number of halogens is 1. The van der Waals surface area contributed by atoms with Crippen LogP contribution in [0.1, 0.15) is 21.5 Å². The molecule has 0 fully saturated rings. The van der Waals surface area contributed by atoms with E-state index >= 15 is 0 Å². The average molecular weight is 407 g/mol. The van der Waals surface area contributed by atoms with Gasteiger partial charge in [0, 0.05) is 29.4 Å². The van der Waals surface area contributed by atoms with E-state index in [2.05, 4.69) is 34.5 Å². The van der Waals surface area contributed by atoms with Crippen LogP contribution >= 0.6 is 11.6 Å². The Morgan fingerprint density at radius 3 is 2.55 bits per heavy atom. The Labute approximate surface area is 176 Å². The van der Waals surface area contributed by atoms with E-state index in [1.165, 1.54) is 16.8 Å². The van der Waals surface area contributed by atoms with Crippen molar-refractivity contribution in [3.8, 4) is 5.75 Å². The van der Waals surface area contributed by atoms with Crippen molar-refractivity contribution in [1.82, 2.24) is 5.32 Å². The smallest absolute Gasteiger partial charge is 0.251 e. The van der Waals surface area contributed by atoms with Gasteiger partial charge in [-0.25, -0.2) is 0 Å². The van der Waals surface area contributed by atoms with E-state index in [1.807, 2.05) is 36.4 Å². The van der Waals surface area contributed by atoms with E-state index in [9.17, 15) is 4.79 Å². The summed E-state index contributed by atoms with van der Waals surface area (Å²) >= 11 is 5.85. The molecule has 29 heavy (non-hydrogen) atoms. The molecule has 5 heteroatoms. The maximum atomic E-state index is 12.3. The third kappa shape index (κ3) is 4.90. The highest BCUT2D eigenvalue weighted by Crippen LogP contribution is 2.28. The fourth-order valence-electron chi connectivity index (χ4n) is 3.52. The maximum absolute atomic E-state index is 12.3. The van der Waals surface area contributed by atoms with Gasteiger partial charge in [-0.3, -0.25) is 4.79 Å². The van der Waals surface area contributed by atoms with Crippen LogP contribution in [0.15, 0.2) is 72.8 Å². The average Bonchev–Trinajstić information content (AvgIpc) is 3.16. The van der Waals surface area contributed by atoms with Gasteiger partial charge in [0.15, 0.2) is 0 Å². The summed E-state index contributed by atoms with van der Waals surface area (Å²) in [6.45, 7) is 2.73. The molecule has 148 valence electrons. The zero-order valence-electron chi connectivity index (χ0n) is 16.1. The van der Waals surface area contributed by atoms with E-state index in [0.717, 1.165) is 25.3 Å². The Hall–Kier alpha value is -2.98. The molecule has 0 unspecified atom stereocenters. The molecule has 4 nitrogen and oxygen atoms in total. The lowest BCUT2D eigenvalue weighted by atomic mass is 10.1. The molecule has 0 spiro atoms. The van der Waals surface area contributed by atoms with E-state index < -0.39 is 0 Å². The van der Waals surface area contributed by atoms with Crippen molar-refractivity contribution < 1.29 is 9.53 Å². The van der Waals surface area contributed by atoms with E-state index in [4.69, 9.17) is 16.3 Å². The molecule has 3 aromatic rings. The minimum absolute atomic E-state index is 0.0947. The van der Waals surface area contributed by atoms with Gasteiger partial charge in [0.05, 0.1) is 6.54 Å². The van der Waals surface area contributed by atoms with Gasteiger partial charge in [0.1, 0.15) is 12.4 Å². The predicted molar refractivity (Wildman–Crippen MR) is 117 cm³/mol. The molecule has 1 aliphatic heterocycles. The summed E-state index contributed by atoms with van der Waals surface area (Å²) in [7, 11) is 0. The van der Waals surface area contributed by atoms with Crippen LogP contribution in [0.2, 0.25) is 5.02 Å². The number of amides is 1. The van der Waals surface area contributed by atoms with Gasteiger partial charge >= 0.3 is 0 Å². The molecule has 0 radical (unpaired) electrons. The van der Waals surface area contributed by atoms with E-state index in [1.54, 1.807) is 12.1 Å². The number of para-hydroxylation sites is 1. The van der Waals surface area contributed by atoms with Crippen molar-refractivity contribution in [1.29, 1.82) is 0 Å². The number of hydrogen-bond donors (Lipinski definition) is 1. The minimum atomic E-state index is -0.0947. The summed E-state index contributed by atoms with van der Waals surface area (Å²) in [5, 5.41) is 3.56. The van der Waals surface area contributed by atoms with Gasteiger partial charge in [-0.2, -0.15) is 0 Å². The first-order valence-corrected chi connectivity index (χ1v) is 10.2. The monoisotopic (exact) mass is 406 g/mol. The standard InChI is InChI=1S/C24H23ClN2O2/c25-21-9-11-22(12-10-21)29-16-14-26-24(28)20-7-5-18(6-8-20)17-27-15-13-19-3-1-2-4-23(19)27/h1-12H,13-17H2,(H,26,28). The normalized spacial score (nSPS) is 12.5. The first-order valence-electron chi connectivity index (χ1n) is 9.77. The molecule has 4 rings (SSSR count). The van der Waals surface area contributed by atoms with Crippen LogP contribution in [0, 0.1) is 0 Å². The zero-order valence-corrected chi connectivity index (χ0v) is 16.9. The highest BCUT2D eigenvalue weighted by atomic mass is 35.5. The van der Waals surface area contributed by atoms with Gasteiger partial charge in [-0.15, -0.1) is 0 Å². The number of benzene rings is 3. The SMILES string of the molecule is O=C(NCCOc1ccc(Cl)cc1)c1ccc(CN2CCc3ccccc32)cc1. The Morgan fingerprint density at radius 2 is 1.76 bits per heavy atom. The molecule has 0 bridgehead atoms. The number of anilines is 1. The summed E-state index contributed by atoms with van der Waals surface area (Å²) in [6, 6.07) is 23.5. The molecule has 3 aromatic carbocycles. The van der Waals surface area contributed by atoms with Crippen molar-refractivity contribution in [2.75, 3.05) is 24.6 Å². The molecule has 0 saturated heterocycles. The Balaban J connectivity index is 1.25. The number of nitrogens with zero attached hydrogens (tertiary/aromatic N) is 1. The quantitative estimate of drug-likeness (QED) is 0.577. The van der Waals surface area contributed by atoms with E-state index in [-0.39, 0.29) is 5.91 Å². The molecule has 0 aliphatic carbocycles. The molecule has 1 N–H and O–H groups in total. The van der Waals surface area contributed by atoms with Gasteiger partial charge < -0.3 is 15.0 Å². The van der Waals surface area contributed by atoms with Crippen molar-refractivity contribution in [2.24, 2.45) is 0 Å². The second-order valence-electron chi connectivity index (χ2n) is 7.06. The lowest BCUT2D eigenvalue weighted by molar-refractivity contribution is 0.0947. The number of carbonyl (C=O) groups excluding carboxylic acids is 1. The fourth-order valence-corrected chi connectivity index (χ4v) is 3.65. The molecule has 0 aromatic heterocycles. The van der Waals surface area contributed by atoms with Crippen LogP contribution in [0.4, 0.5) is 5.69 Å². The zero-order chi connectivity index (χ0) is 20.1. The maximum Gasteiger partial charge on any atom is 0.251 e. The summed E-state index contributed by atoms with van der Waals surface area (Å²) in [5.74, 6) is 0.638. The van der Waals surface area contributed by atoms with Crippen LogP contribution in [-0.4, -0.2) is 25.6 Å². The molecule has 1 heterocycles. The van der Waals surface area contributed by atoms with Crippen molar-refractivity contribution >= 4 is 23.2 Å². The molecular weight excluding hydrogens is 384 g/mol. The van der Waals surface area contributed by atoms with Gasteiger partial charge in [0.2, 0.25) is 0 Å². The lowest BCUT2D eigenvalue weighted by Gasteiger charge is -2.19. The van der Waals surface area contributed by atoms with Crippen LogP contribution < -0.4 is 15.0 Å². The highest BCUT2D eigenvalue weighted by molar-refractivity contribution is 6.30. The van der Waals surface area contributed by atoms with Gasteiger partial charge in [0.25, 0.3) is 5.91 Å². The predicted octanol–water partition coefficient (Wildman–Crippen LogP) is 4.71. The topological polar surface area (TPSA) is 41.6 Å². The lowest BCUT2D eigenvalue weighted by Crippen LogP contribution is -2.28. The van der Waals surface area contributed by atoms with Crippen molar-refractivity contribution in [3.05, 3.63) is 94.5 Å². The molecule has 0 atom stereocenters. The number of rotatable bonds is 7. The number of nitrogens with one attached hydrogen (secondary N) is 1. The second-order valence-corrected chi connectivity index (χ2v) is 7.49. The van der Waals surface area contributed by atoms with Crippen LogP contribution in [-0.2, 0) is 13.0 Å². The first-order chi connectivity index (χ1) is 14.2. The summed E-state index contributed by atoms with van der Waals surface area (Å²) in [6.07, 6.45) is 1.09. The second kappa shape index (κ2) is 9.01. The summed E-state index contributed by atoms with van der Waals surface area (Å²) in [4.78, 5) is 14.7. The first kappa shape index (κ1) is 19.3.